The summed E-state index contributed by atoms with van der Waals surface area (Å²) < 4.78 is 15.3. The molecule has 1 fully saturated rings. The van der Waals surface area contributed by atoms with Gasteiger partial charge < -0.3 is 9.88 Å². The molecule has 0 saturated carbocycles. The van der Waals surface area contributed by atoms with Gasteiger partial charge in [0.05, 0.1) is 20.6 Å². The van der Waals surface area contributed by atoms with Gasteiger partial charge in [-0.25, -0.2) is 4.39 Å². The minimum Gasteiger partial charge on any atom is -0.337 e. The van der Waals surface area contributed by atoms with Crippen LogP contribution in [0.2, 0.25) is 10.0 Å². The molecule has 2 heterocycles. The second-order valence-electron chi connectivity index (χ2n) is 7.90. The van der Waals surface area contributed by atoms with E-state index in [-0.39, 0.29) is 24.2 Å². The first-order valence-electron chi connectivity index (χ1n) is 10.7. The zero-order valence-corrected chi connectivity index (χ0v) is 21.5. The maximum absolute atomic E-state index is 13.2. The average Bonchev–Trinajstić information content (AvgIpc) is 3.33. The van der Waals surface area contributed by atoms with Crippen LogP contribution in [0.25, 0.3) is 17.0 Å². The van der Waals surface area contributed by atoms with E-state index >= 15 is 0 Å². The summed E-state index contributed by atoms with van der Waals surface area (Å²) in [5.74, 6) is -0.909. The summed E-state index contributed by atoms with van der Waals surface area (Å²) in [6, 6.07) is 18.1. The number of aromatic nitrogens is 1. The van der Waals surface area contributed by atoms with Crippen molar-refractivity contribution in [2.45, 2.75) is 6.54 Å². The molecule has 0 atom stereocenters. The van der Waals surface area contributed by atoms with E-state index in [4.69, 9.17) is 35.4 Å². The molecule has 5 rings (SSSR count). The molecule has 10 heteroatoms. The van der Waals surface area contributed by atoms with Crippen molar-refractivity contribution in [3.05, 3.63) is 99.3 Å². The molecule has 1 aliphatic heterocycles. The van der Waals surface area contributed by atoms with Gasteiger partial charge in [-0.1, -0.05) is 65.4 Å². The molecule has 1 aliphatic rings. The van der Waals surface area contributed by atoms with Crippen molar-refractivity contribution in [3.8, 4) is 0 Å². The van der Waals surface area contributed by atoms with E-state index in [1.165, 1.54) is 40.9 Å². The topological polar surface area (TPSA) is 54.3 Å². The number of carbonyl (C=O) groups is 2. The van der Waals surface area contributed by atoms with Crippen LogP contribution in [0.5, 0.6) is 0 Å². The maximum atomic E-state index is 13.2. The number of fused-ring (bicyclic) bond motifs is 1. The molecule has 1 saturated heterocycles. The van der Waals surface area contributed by atoms with Crippen LogP contribution in [0.15, 0.2) is 77.8 Å². The van der Waals surface area contributed by atoms with Gasteiger partial charge in [-0.2, -0.15) is 0 Å². The monoisotopic (exact) mass is 555 g/mol. The van der Waals surface area contributed by atoms with Crippen LogP contribution >= 0.6 is 47.2 Å². The normalized spacial score (nSPS) is 14.8. The number of benzene rings is 3. The van der Waals surface area contributed by atoms with Crippen molar-refractivity contribution in [2.75, 3.05) is 10.2 Å². The lowest BCUT2D eigenvalue weighted by molar-refractivity contribution is -0.116. The van der Waals surface area contributed by atoms with Crippen molar-refractivity contribution in [1.29, 1.82) is 0 Å². The summed E-state index contributed by atoms with van der Waals surface area (Å²) >= 11 is 18.8. The van der Waals surface area contributed by atoms with Crippen molar-refractivity contribution in [2.24, 2.45) is 0 Å². The molecule has 0 aliphatic carbocycles. The summed E-state index contributed by atoms with van der Waals surface area (Å²) in [7, 11) is 0. The second-order valence-corrected chi connectivity index (χ2v) is 10.4. The van der Waals surface area contributed by atoms with E-state index in [1.807, 2.05) is 30.5 Å². The van der Waals surface area contributed by atoms with E-state index in [0.717, 1.165) is 16.5 Å². The average molecular weight is 556 g/mol. The zero-order chi connectivity index (χ0) is 25.4. The van der Waals surface area contributed by atoms with Gasteiger partial charge in [0.15, 0.2) is 4.32 Å². The highest BCUT2D eigenvalue weighted by atomic mass is 35.5. The Labute approximate surface area is 225 Å². The molecule has 0 unspecified atom stereocenters. The van der Waals surface area contributed by atoms with Crippen LogP contribution in [-0.2, 0) is 16.1 Å². The fraction of sp³-hybridized carbons (Fsp3) is 0.0385. The van der Waals surface area contributed by atoms with E-state index in [1.54, 1.807) is 28.8 Å². The molecule has 3 aromatic carbocycles. The summed E-state index contributed by atoms with van der Waals surface area (Å²) in [5.41, 5.74) is 2.65. The number of carbonyl (C=O) groups excluding carboxylic acids is 2. The molecule has 1 aromatic heterocycles. The number of nitrogens with zero attached hydrogens (tertiary/aromatic N) is 2. The van der Waals surface area contributed by atoms with Crippen LogP contribution < -0.4 is 10.2 Å². The van der Waals surface area contributed by atoms with E-state index in [0.29, 0.717) is 30.6 Å². The lowest BCUT2D eigenvalue weighted by Gasteiger charge is -2.15. The third-order valence-corrected chi connectivity index (χ3v) is 7.54. The first-order valence-corrected chi connectivity index (χ1v) is 12.6. The Bertz CT molecular complexity index is 1570. The molecular formula is C26H16Cl2FN3O2S2. The van der Waals surface area contributed by atoms with Gasteiger partial charge in [-0.3, -0.25) is 14.5 Å². The number of nitrogens with one attached hydrogen (secondary N) is 1. The summed E-state index contributed by atoms with van der Waals surface area (Å²) in [6.07, 6.45) is 3.59. The van der Waals surface area contributed by atoms with E-state index < -0.39 is 0 Å². The van der Waals surface area contributed by atoms with Gasteiger partial charge in [0.25, 0.3) is 5.91 Å². The van der Waals surface area contributed by atoms with Gasteiger partial charge in [-0.15, -0.1) is 0 Å². The van der Waals surface area contributed by atoms with Gasteiger partial charge in [0, 0.05) is 28.4 Å². The predicted octanol–water partition coefficient (Wildman–Crippen LogP) is 7.13. The van der Waals surface area contributed by atoms with Crippen molar-refractivity contribution in [1.82, 2.24) is 4.57 Å². The number of thioether (sulfide) groups is 1. The van der Waals surface area contributed by atoms with E-state index in [2.05, 4.69) is 5.32 Å². The number of rotatable bonds is 5. The van der Waals surface area contributed by atoms with Crippen LogP contribution in [0.3, 0.4) is 0 Å². The second kappa shape index (κ2) is 10.1. The van der Waals surface area contributed by atoms with Gasteiger partial charge in [0.1, 0.15) is 12.4 Å². The minimum atomic E-state index is -0.376. The third-order valence-electron chi connectivity index (χ3n) is 5.50. The van der Waals surface area contributed by atoms with Crippen LogP contribution in [-0.4, -0.2) is 20.7 Å². The van der Waals surface area contributed by atoms with Crippen LogP contribution in [0.1, 0.15) is 5.56 Å². The highest BCUT2D eigenvalue weighted by Crippen LogP contribution is 2.38. The molecule has 36 heavy (non-hydrogen) atoms. The SMILES string of the molecule is O=C(Cn1cc(/C=C2/SC(=S)N(c3ccc(Cl)c(Cl)c3)C2=O)c2ccccc21)Nc1ccc(F)cc1. The minimum absolute atomic E-state index is 0.0377. The van der Waals surface area contributed by atoms with Gasteiger partial charge in [0.2, 0.25) is 5.91 Å². The number of para-hydroxylation sites is 1. The Morgan fingerprint density at radius 2 is 1.81 bits per heavy atom. The quantitative estimate of drug-likeness (QED) is 0.210. The highest BCUT2D eigenvalue weighted by Gasteiger charge is 2.33. The van der Waals surface area contributed by atoms with Crippen LogP contribution in [0, 0.1) is 5.82 Å². The number of hydrogen-bond acceptors (Lipinski definition) is 4. The number of anilines is 2. The summed E-state index contributed by atoms with van der Waals surface area (Å²) in [4.78, 5) is 27.8. The molecule has 5 nitrogen and oxygen atoms in total. The van der Waals surface area contributed by atoms with Crippen molar-refractivity contribution >= 4 is 91.7 Å². The molecule has 0 radical (unpaired) electrons. The summed E-state index contributed by atoms with van der Waals surface area (Å²) in [5, 5.41) is 4.36. The Kier molecular flexibility index (Phi) is 6.85. The van der Waals surface area contributed by atoms with Crippen molar-refractivity contribution < 1.29 is 14.0 Å². The lowest BCUT2D eigenvalue weighted by atomic mass is 10.1. The Balaban J connectivity index is 1.43. The Morgan fingerprint density at radius 1 is 1.06 bits per heavy atom. The first-order chi connectivity index (χ1) is 17.3. The molecule has 2 amide bonds. The molecule has 0 spiro atoms. The van der Waals surface area contributed by atoms with Gasteiger partial charge in [-0.05, 0) is 54.6 Å². The van der Waals surface area contributed by atoms with Crippen molar-refractivity contribution in [3.63, 3.8) is 0 Å². The fourth-order valence-electron chi connectivity index (χ4n) is 3.87. The van der Waals surface area contributed by atoms with Crippen LogP contribution in [0.4, 0.5) is 15.8 Å². The standard InChI is InChI=1S/C26H16Cl2FN3O2S2/c27-20-10-9-18(12-21(20)28)32-25(34)23(36-26(32)35)11-15-13-31(22-4-2-1-3-19(15)22)14-24(33)30-17-7-5-16(29)6-8-17/h1-13H,14H2,(H,30,33)/b23-11+. The first kappa shape index (κ1) is 24.5. The van der Waals surface area contributed by atoms with E-state index in [9.17, 15) is 14.0 Å². The number of amides is 2. The maximum Gasteiger partial charge on any atom is 0.270 e. The highest BCUT2D eigenvalue weighted by molar-refractivity contribution is 8.27. The molecule has 1 N–H and O–H groups in total. The lowest BCUT2D eigenvalue weighted by Crippen LogP contribution is -2.27. The van der Waals surface area contributed by atoms with Gasteiger partial charge >= 0.3 is 0 Å². The smallest absolute Gasteiger partial charge is 0.270 e. The summed E-state index contributed by atoms with van der Waals surface area (Å²) in [6.45, 7) is 0.0377. The Hall–Kier alpha value is -3.17. The third kappa shape index (κ3) is 4.90. The number of halogens is 3. The molecule has 0 bridgehead atoms. The largest absolute Gasteiger partial charge is 0.337 e. The Morgan fingerprint density at radius 3 is 2.56 bits per heavy atom. The molecular weight excluding hydrogens is 540 g/mol. The predicted molar refractivity (Wildman–Crippen MR) is 149 cm³/mol. The number of thiocarbonyl (C=S) groups is 1. The zero-order valence-electron chi connectivity index (χ0n) is 18.4. The molecule has 180 valence electrons. The number of hydrogen-bond donors (Lipinski definition) is 1. The fourth-order valence-corrected chi connectivity index (χ4v) is 5.45. The molecule has 4 aromatic rings.